The van der Waals surface area contributed by atoms with Crippen LogP contribution in [0.15, 0.2) is 36.9 Å². The molecule has 1 fully saturated rings. The first kappa shape index (κ1) is 11.6. The van der Waals surface area contributed by atoms with Crippen LogP contribution in [0.2, 0.25) is 0 Å². The molecular weight excluding hydrogens is 212 g/mol. The molecule has 1 aromatic rings. The van der Waals surface area contributed by atoms with Crippen LogP contribution in [0.25, 0.3) is 5.57 Å². The monoisotopic (exact) mass is 232 g/mol. The third kappa shape index (κ3) is 2.83. The number of rotatable bonds is 3. The summed E-state index contributed by atoms with van der Waals surface area (Å²) in [5.74, 6) is 0. The second kappa shape index (κ2) is 4.98. The van der Waals surface area contributed by atoms with Crippen molar-refractivity contribution in [1.29, 1.82) is 0 Å². The predicted molar refractivity (Wildman–Crippen MR) is 72.6 cm³/mol. The van der Waals surface area contributed by atoms with Crippen molar-refractivity contribution in [2.24, 2.45) is 0 Å². The highest BCUT2D eigenvalue weighted by Gasteiger charge is 2.28. The van der Waals surface area contributed by atoms with Gasteiger partial charge in [0.15, 0.2) is 0 Å². The van der Waals surface area contributed by atoms with E-state index in [9.17, 15) is 0 Å². The Bertz CT molecular complexity index is 352. The van der Waals surface area contributed by atoms with Crippen LogP contribution in [-0.2, 0) is 4.74 Å². The molecule has 1 unspecified atom stereocenters. The molecule has 0 aromatic heterocycles. The molecule has 0 spiro atoms. The van der Waals surface area contributed by atoms with Gasteiger partial charge in [0.05, 0.1) is 5.22 Å². The molecule has 1 nitrogen and oxygen atoms in total. The van der Waals surface area contributed by atoms with Crippen LogP contribution in [0.4, 0.5) is 0 Å². The number of benzene rings is 1. The van der Waals surface area contributed by atoms with Crippen molar-refractivity contribution in [3.8, 4) is 0 Å². The molecule has 2 heteroatoms. The molecule has 16 heavy (non-hydrogen) atoms. The normalized spacial score (nSPS) is 25.5. The van der Waals surface area contributed by atoms with Crippen molar-refractivity contribution in [3.63, 3.8) is 0 Å². The highest BCUT2D eigenvalue weighted by Crippen LogP contribution is 2.31. The van der Waals surface area contributed by atoms with Crippen LogP contribution >= 0.6 is 0 Å². The third-order valence-electron chi connectivity index (χ3n) is 3.32. The minimum atomic E-state index is 0.144. The molecule has 1 saturated heterocycles. The zero-order valence-electron chi connectivity index (χ0n) is 10.0. The molecule has 1 aliphatic heterocycles. The second-order valence-electron chi connectivity index (χ2n) is 4.90. The Hall–Kier alpha value is -0.863. The molecule has 0 saturated carbocycles. The molecule has 0 amide bonds. The van der Waals surface area contributed by atoms with Gasteiger partial charge in [-0.05, 0) is 36.8 Å². The first-order valence-electron chi connectivity index (χ1n) is 6.07. The van der Waals surface area contributed by atoms with Gasteiger partial charge in [0.2, 0.25) is 0 Å². The van der Waals surface area contributed by atoms with Gasteiger partial charge in [-0.1, -0.05) is 36.9 Å². The van der Waals surface area contributed by atoms with Crippen LogP contribution in [-0.4, -0.2) is 22.1 Å². The molecule has 1 aliphatic rings. The van der Waals surface area contributed by atoms with Gasteiger partial charge in [0.25, 0.3) is 0 Å². The molecule has 0 radical (unpaired) electrons. The topological polar surface area (TPSA) is 9.23 Å². The van der Waals surface area contributed by atoms with E-state index in [1.807, 2.05) is 6.07 Å². The van der Waals surface area contributed by atoms with E-state index in [2.05, 4.69) is 30.8 Å². The number of hydrogen-bond acceptors (Lipinski definition) is 1. The summed E-state index contributed by atoms with van der Waals surface area (Å²) in [7, 11) is 1.10. The van der Waals surface area contributed by atoms with Crippen LogP contribution < -0.4 is 0 Å². The van der Waals surface area contributed by atoms with E-state index in [0.717, 1.165) is 23.3 Å². The predicted octanol–water partition coefficient (Wildman–Crippen LogP) is 2.35. The maximum atomic E-state index is 5.96. The van der Waals surface area contributed by atoms with Crippen LogP contribution in [0.3, 0.4) is 0 Å². The highest BCUT2D eigenvalue weighted by atomic mass is 28.1. The molecule has 2 rings (SSSR count). The lowest BCUT2D eigenvalue weighted by Crippen LogP contribution is -2.36. The second-order valence-corrected chi connectivity index (χ2v) is 6.72. The largest absolute Gasteiger partial charge is 0.379 e. The van der Waals surface area contributed by atoms with E-state index in [1.54, 1.807) is 0 Å². The standard InChI is InChI=1S/C14H20OSi/c1-12(13-7-3-2-4-8-13)11-14(16)9-5-6-10-15-14/h2-4,7-8H,1,5-6,9-11H2,16H3. The van der Waals surface area contributed by atoms with E-state index >= 15 is 0 Å². The van der Waals surface area contributed by atoms with E-state index in [-0.39, 0.29) is 5.22 Å². The maximum absolute atomic E-state index is 5.96. The minimum Gasteiger partial charge on any atom is -0.379 e. The quantitative estimate of drug-likeness (QED) is 0.727. The van der Waals surface area contributed by atoms with Crippen LogP contribution in [0.1, 0.15) is 31.2 Å². The Morgan fingerprint density at radius 2 is 2.06 bits per heavy atom. The molecule has 86 valence electrons. The van der Waals surface area contributed by atoms with Crippen molar-refractivity contribution in [2.75, 3.05) is 6.61 Å². The van der Waals surface area contributed by atoms with Crippen LogP contribution in [0.5, 0.6) is 0 Å². The summed E-state index contributed by atoms with van der Waals surface area (Å²) in [6.45, 7) is 5.14. The van der Waals surface area contributed by atoms with E-state index in [4.69, 9.17) is 4.74 Å². The number of ether oxygens (including phenoxy) is 1. The van der Waals surface area contributed by atoms with Crippen molar-refractivity contribution >= 4 is 15.8 Å². The molecule has 1 atom stereocenters. The molecule has 1 aromatic carbocycles. The minimum absolute atomic E-state index is 0.144. The van der Waals surface area contributed by atoms with Gasteiger partial charge in [0.1, 0.15) is 0 Å². The Balaban J connectivity index is 2.01. The van der Waals surface area contributed by atoms with Gasteiger partial charge < -0.3 is 4.74 Å². The SMILES string of the molecule is C=C(CC1([SiH3])CCCCO1)c1ccccc1. The summed E-state index contributed by atoms with van der Waals surface area (Å²) < 4.78 is 5.96. The smallest absolute Gasteiger partial charge is 0.0525 e. The zero-order chi connectivity index (χ0) is 11.4. The fourth-order valence-electron chi connectivity index (χ4n) is 2.36. The Labute approximate surface area is 101 Å². The Morgan fingerprint density at radius 3 is 2.69 bits per heavy atom. The summed E-state index contributed by atoms with van der Waals surface area (Å²) in [4.78, 5) is 0. The molecule has 0 aliphatic carbocycles. The van der Waals surface area contributed by atoms with Gasteiger partial charge in [-0.15, -0.1) is 0 Å². The fourth-order valence-corrected chi connectivity index (χ4v) is 3.34. The maximum Gasteiger partial charge on any atom is 0.0525 e. The van der Waals surface area contributed by atoms with Crippen molar-refractivity contribution in [3.05, 3.63) is 42.5 Å². The highest BCUT2D eigenvalue weighted by molar-refractivity contribution is 6.15. The van der Waals surface area contributed by atoms with Crippen molar-refractivity contribution in [2.45, 2.75) is 30.9 Å². The van der Waals surface area contributed by atoms with Gasteiger partial charge in [-0.2, -0.15) is 0 Å². The first-order chi connectivity index (χ1) is 7.70. The van der Waals surface area contributed by atoms with Crippen LogP contribution in [0, 0.1) is 0 Å². The van der Waals surface area contributed by atoms with Gasteiger partial charge in [-0.3, -0.25) is 0 Å². The number of hydrogen-bond donors (Lipinski definition) is 0. The van der Waals surface area contributed by atoms with Gasteiger partial charge in [0, 0.05) is 16.8 Å². The molecule has 0 bridgehead atoms. The Morgan fingerprint density at radius 1 is 1.31 bits per heavy atom. The van der Waals surface area contributed by atoms with E-state index in [0.29, 0.717) is 0 Å². The van der Waals surface area contributed by atoms with E-state index in [1.165, 1.54) is 30.4 Å². The van der Waals surface area contributed by atoms with Gasteiger partial charge >= 0.3 is 0 Å². The average molecular weight is 232 g/mol. The molecule has 1 heterocycles. The summed E-state index contributed by atoms with van der Waals surface area (Å²) in [6, 6.07) is 10.5. The Kier molecular flexibility index (Phi) is 3.61. The summed E-state index contributed by atoms with van der Waals surface area (Å²) in [6.07, 6.45) is 4.75. The average Bonchev–Trinajstić information content (AvgIpc) is 2.30. The molecular formula is C14H20OSi. The lowest BCUT2D eigenvalue weighted by atomic mass is 9.96. The summed E-state index contributed by atoms with van der Waals surface area (Å²) in [5, 5.41) is 0.144. The third-order valence-corrected chi connectivity index (χ3v) is 4.46. The van der Waals surface area contributed by atoms with Crippen molar-refractivity contribution in [1.82, 2.24) is 0 Å². The lowest BCUT2D eigenvalue weighted by Gasteiger charge is -2.34. The summed E-state index contributed by atoms with van der Waals surface area (Å²) in [5.41, 5.74) is 2.48. The van der Waals surface area contributed by atoms with E-state index < -0.39 is 0 Å². The van der Waals surface area contributed by atoms with Gasteiger partial charge in [-0.25, -0.2) is 0 Å². The summed E-state index contributed by atoms with van der Waals surface area (Å²) >= 11 is 0. The fraction of sp³-hybridized carbons (Fsp3) is 0.429. The first-order valence-corrected chi connectivity index (χ1v) is 7.07. The zero-order valence-corrected chi connectivity index (χ0v) is 12.0. The lowest BCUT2D eigenvalue weighted by molar-refractivity contribution is -0.0136. The molecule has 0 N–H and O–H groups in total. The van der Waals surface area contributed by atoms with Crippen molar-refractivity contribution < 1.29 is 4.74 Å².